The number of hydrogen-bond donors (Lipinski definition) is 1. The topological polar surface area (TPSA) is 59.9 Å². The van der Waals surface area contributed by atoms with Gasteiger partial charge in [0, 0.05) is 12.5 Å². The standard InChI is InChI=1S/C10H16N4O/c1-3-6-11-9-12-8(7-4-5-7)13-10(14-9)15-2/h7H,3-6H2,1-2H3,(H,11,12,13,14). The minimum Gasteiger partial charge on any atom is -0.467 e. The lowest BCUT2D eigenvalue weighted by atomic mass is 10.4. The molecule has 0 radical (unpaired) electrons. The summed E-state index contributed by atoms with van der Waals surface area (Å²) in [6, 6.07) is 0.408. The summed E-state index contributed by atoms with van der Waals surface area (Å²) in [6.07, 6.45) is 3.41. The molecule has 1 aromatic heterocycles. The number of methoxy groups -OCH3 is 1. The van der Waals surface area contributed by atoms with E-state index in [0.717, 1.165) is 18.8 Å². The molecule has 1 heterocycles. The van der Waals surface area contributed by atoms with Crippen molar-refractivity contribution in [1.29, 1.82) is 0 Å². The third-order valence-corrected chi connectivity index (χ3v) is 2.29. The normalized spacial score (nSPS) is 15.1. The van der Waals surface area contributed by atoms with E-state index >= 15 is 0 Å². The Morgan fingerprint density at radius 2 is 2.13 bits per heavy atom. The van der Waals surface area contributed by atoms with Gasteiger partial charge in [-0.05, 0) is 19.3 Å². The fraction of sp³-hybridized carbons (Fsp3) is 0.700. The van der Waals surface area contributed by atoms with Crippen LogP contribution in [-0.4, -0.2) is 28.6 Å². The SMILES string of the molecule is CCCNc1nc(OC)nc(C2CC2)n1. The van der Waals surface area contributed by atoms with E-state index in [1.807, 2.05) is 0 Å². The Bertz CT molecular complexity index is 338. The van der Waals surface area contributed by atoms with Crippen molar-refractivity contribution in [2.45, 2.75) is 32.1 Å². The number of rotatable bonds is 5. The molecule has 15 heavy (non-hydrogen) atoms. The third-order valence-electron chi connectivity index (χ3n) is 2.29. The Morgan fingerprint density at radius 3 is 2.73 bits per heavy atom. The maximum absolute atomic E-state index is 5.05. The summed E-state index contributed by atoms with van der Waals surface area (Å²) in [4.78, 5) is 12.7. The summed E-state index contributed by atoms with van der Waals surface area (Å²) in [5.41, 5.74) is 0. The highest BCUT2D eigenvalue weighted by Crippen LogP contribution is 2.38. The first-order chi connectivity index (χ1) is 7.33. The minimum atomic E-state index is 0.408. The van der Waals surface area contributed by atoms with E-state index in [4.69, 9.17) is 4.74 Å². The van der Waals surface area contributed by atoms with Crippen molar-refractivity contribution >= 4 is 5.95 Å². The predicted octanol–water partition coefficient (Wildman–Crippen LogP) is 1.58. The zero-order valence-corrected chi connectivity index (χ0v) is 9.16. The molecule has 1 aliphatic rings. The van der Waals surface area contributed by atoms with Gasteiger partial charge < -0.3 is 10.1 Å². The van der Waals surface area contributed by atoms with E-state index < -0.39 is 0 Å². The molecule has 2 rings (SSSR count). The van der Waals surface area contributed by atoms with Crippen molar-refractivity contribution in [3.8, 4) is 6.01 Å². The third kappa shape index (κ3) is 2.55. The second-order valence-corrected chi connectivity index (χ2v) is 3.70. The van der Waals surface area contributed by atoms with Crippen LogP contribution >= 0.6 is 0 Å². The van der Waals surface area contributed by atoms with Gasteiger partial charge in [-0.15, -0.1) is 0 Å². The van der Waals surface area contributed by atoms with Crippen LogP contribution in [0.1, 0.15) is 37.9 Å². The number of anilines is 1. The first-order valence-electron chi connectivity index (χ1n) is 5.37. The Labute approximate surface area is 89.3 Å². The summed E-state index contributed by atoms with van der Waals surface area (Å²) in [5, 5.41) is 3.15. The molecule has 1 aromatic rings. The van der Waals surface area contributed by atoms with Gasteiger partial charge in [0.2, 0.25) is 5.95 Å². The lowest BCUT2D eigenvalue weighted by molar-refractivity contribution is 0.376. The maximum Gasteiger partial charge on any atom is 0.321 e. The van der Waals surface area contributed by atoms with E-state index in [2.05, 4.69) is 27.2 Å². The fourth-order valence-electron chi connectivity index (χ4n) is 1.30. The van der Waals surface area contributed by atoms with Gasteiger partial charge >= 0.3 is 6.01 Å². The van der Waals surface area contributed by atoms with Crippen molar-refractivity contribution in [1.82, 2.24) is 15.0 Å². The molecule has 0 saturated heterocycles. The van der Waals surface area contributed by atoms with Crippen LogP contribution < -0.4 is 10.1 Å². The van der Waals surface area contributed by atoms with E-state index in [1.54, 1.807) is 7.11 Å². The molecule has 1 saturated carbocycles. The van der Waals surface area contributed by atoms with Gasteiger partial charge in [0.05, 0.1) is 7.11 Å². The second-order valence-electron chi connectivity index (χ2n) is 3.70. The fourth-order valence-corrected chi connectivity index (χ4v) is 1.30. The molecule has 0 aromatic carbocycles. The van der Waals surface area contributed by atoms with Gasteiger partial charge in [0.25, 0.3) is 0 Å². The number of aromatic nitrogens is 3. The Kier molecular flexibility index (Phi) is 2.99. The lowest BCUT2D eigenvalue weighted by Gasteiger charge is -2.06. The van der Waals surface area contributed by atoms with Crippen LogP contribution in [0.3, 0.4) is 0 Å². The molecule has 82 valence electrons. The number of nitrogens with one attached hydrogen (secondary N) is 1. The predicted molar refractivity (Wildman–Crippen MR) is 57.1 cm³/mol. The molecule has 0 unspecified atom stereocenters. The summed E-state index contributed by atoms with van der Waals surface area (Å²) in [6.45, 7) is 2.98. The Balaban J connectivity index is 2.16. The van der Waals surface area contributed by atoms with Crippen LogP contribution in [0.2, 0.25) is 0 Å². The number of nitrogens with zero attached hydrogens (tertiary/aromatic N) is 3. The van der Waals surface area contributed by atoms with E-state index in [0.29, 0.717) is 17.9 Å². The molecule has 0 atom stereocenters. The summed E-state index contributed by atoms with van der Waals surface area (Å²) in [5.74, 6) is 2.01. The van der Waals surface area contributed by atoms with Crippen molar-refractivity contribution < 1.29 is 4.74 Å². The van der Waals surface area contributed by atoms with E-state index in [-0.39, 0.29) is 0 Å². The van der Waals surface area contributed by atoms with Gasteiger partial charge in [-0.2, -0.15) is 15.0 Å². The highest BCUT2D eigenvalue weighted by atomic mass is 16.5. The Morgan fingerprint density at radius 1 is 1.33 bits per heavy atom. The van der Waals surface area contributed by atoms with Gasteiger partial charge in [0.15, 0.2) is 0 Å². The van der Waals surface area contributed by atoms with Crippen LogP contribution in [0.5, 0.6) is 6.01 Å². The first kappa shape index (κ1) is 10.1. The maximum atomic E-state index is 5.05. The molecule has 5 heteroatoms. The van der Waals surface area contributed by atoms with Gasteiger partial charge in [-0.25, -0.2) is 0 Å². The van der Waals surface area contributed by atoms with Crippen LogP contribution in [0.4, 0.5) is 5.95 Å². The second kappa shape index (κ2) is 4.42. The van der Waals surface area contributed by atoms with E-state index in [1.165, 1.54) is 12.8 Å². The first-order valence-corrected chi connectivity index (χ1v) is 5.37. The van der Waals surface area contributed by atoms with Crippen molar-refractivity contribution in [2.75, 3.05) is 19.0 Å². The van der Waals surface area contributed by atoms with Gasteiger partial charge in [-0.3, -0.25) is 0 Å². The largest absolute Gasteiger partial charge is 0.467 e. The zero-order chi connectivity index (χ0) is 10.7. The summed E-state index contributed by atoms with van der Waals surface area (Å²) in [7, 11) is 1.58. The zero-order valence-electron chi connectivity index (χ0n) is 9.16. The van der Waals surface area contributed by atoms with Crippen LogP contribution in [0.25, 0.3) is 0 Å². The number of ether oxygens (including phenoxy) is 1. The average molecular weight is 208 g/mol. The molecule has 0 aliphatic heterocycles. The Hall–Kier alpha value is -1.39. The molecule has 1 aliphatic carbocycles. The molecule has 0 bridgehead atoms. The quantitative estimate of drug-likeness (QED) is 0.796. The van der Waals surface area contributed by atoms with Crippen molar-refractivity contribution in [2.24, 2.45) is 0 Å². The highest BCUT2D eigenvalue weighted by molar-refractivity contribution is 5.27. The average Bonchev–Trinajstić information content (AvgIpc) is 3.09. The molecular formula is C10H16N4O. The summed E-state index contributed by atoms with van der Waals surface area (Å²) < 4.78 is 5.05. The molecule has 5 nitrogen and oxygen atoms in total. The van der Waals surface area contributed by atoms with Crippen LogP contribution in [0, 0.1) is 0 Å². The smallest absolute Gasteiger partial charge is 0.321 e. The van der Waals surface area contributed by atoms with Crippen molar-refractivity contribution in [3.05, 3.63) is 5.82 Å². The molecular weight excluding hydrogens is 192 g/mol. The molecule has 0 amide bonds. The van der Waals surface area contributed by atoms with Gasteiger partial charge in [0.1, 0.15) is 5.82 Å². The summed E-state index contributed by atoms with van der Waals surface area (Å²) >= 11 is 0. The van der Waals surface area contributed by atoms with Crippen LogP contribution in [-0.2, 0) is 0 Å². The van der Waals surface area contributed by atoms with Gasteiger partial charge in [-0.1, -0.05) is 6.92 Å². The van der Waals surface area contributed by atoms with Crippen molar-refractivity contribution in [3.63, 3.8) is 0 Å². The minimum absolute atomic E-state index is 0.408. The molecule has 1 N–H and O–H groups in total. The highest BCUT2D eigenvalue weighted by Gasteiger charge is 2.27. The molecule has 0 spiro atoms. The van der Waals surface area contributed by atoms with E-state index in [9.17, 15) is 0 Å². The van der Waals surface area contributed by atoms with Crippen LogP contribution in [0.15, 0.2) is 0 Å². The number of hydrogen-bond acceptors (Lipinski definition) is 5. The monoisotopic (exact) mass is 208 g/mol. The lowest BCUT2D eigenvalue weighted by Crippen LogP contribution is -2.08. The molecule has 1 fully saturated rings.